The highest BCUT2D eigenvalue weighted by molar-refractivity contribution is 5.83. The van der Waals surface area contributed by atoms with Gasteiger partial charge in [0, 0.05) is 11.8 Å². The van der Waals surface area contributed by atoms with Crippen LogP contribution in [-0.4, -0.2) is 4.98 Å². The predicted octanol–water partition coefficient (Wildman–Crippen LogP) is 4.72. The van der Waals surface area contributed by atoms with E-state index in [1.807, 2.05) is 18.3 Å². The van der Waals surface area contributed by atoms with Gasteiger partial charge in [0.2, 0.25) is 0 Å². The zero-order valence-corrected chi connectivity index (χ0v) is 10.9. The molecule has 0 aliphatic heterocycles. The fraction of sp³-hybridized carbons (Fsp3) is 0.0556. The van der Waals surface area contributed by atoms with Gasteiger partial charge >= 0.3 is 0 Å². The maximum absolute atomic E-state index is 4.46. The molecule has 1 heterocycles. The summed E-state index contributed by atoms with van der Waals surface area (Å²) in [5, 5.41) is 0. The summed E-state index contributed by atoms with van der Waals surface area (Å²) in [7, 11) is 0. The molecule has 0 aliphatic carbocycles. The van der Waals surface area contributed by atoms with Gasteiger partial charge in [-0.1, -0.05) is 54.6 Å². The molecule has 0 fully saturated rings. The van der Waals surface area contributed by atoms with Crippen LogP contribution in [0.1, 0.15) is 5.56 Å². The van der Waals surface area contributed by atoms with Gasteiger partial charge in [0.15, 0.2) is 0 Å². The van der Waals surface area contributed by atoms with Crippen molar-refractivity contribution >= 4 is 0 Å². The summed E-state index contributed by atoms with van der Waals surface area (Å²) in [6.45, 7) is 2.14. The van der Waals surface area contributed by atoms with Crippen molar-refractivity contribution in [3.05, 3.63) is 78.5 Å². The van der Waals surface area contributed by atoms with Crippen LogP contribution in [0.3, 0.4) is 0 Å². The first-order valence-corrected chi connectivity index (χ1v) is 6.43. The van der Waals surface area contributed by atoms with Crippen molar-refractivity contribution in [2.45, 2.75) is 6.92 Å². The molecule has 2 aromatic carbocycles. The molecule has 0 aliphatic rings. The number of hydrogen-bond donors (Lipinski definition) is 0. The second-order valence-electron chi connectivity index (χ2n) is 4.58. The van der Waals surface area contributed by atoms with E-state index in [2.05, 4.69) is 66.5 Å². The largest absolute Gasteiger partial charge is 0.256 e. The molecule has 0 N–H and O–H groups in total. The molecule has 0 unspecified atom stereocenters. The summed E-state index contributed by atoms with van der Waals surface area (Å²) in [5.74, 6) is 0. The van der Waals surface area contributed by atoms with Crippen molar-refractivity contribution in [2.75, 3.05) is 0 Å². The molecule has 0 amide bonds. The first kappa shape index (κ1) is 11.7. The molecule has 1 aromatic heterocycles. The van der Waals surface area contributed by atoms with Crippen LogP contribution in [0.5, 0.6) is 0 Å². The standard InChI is InChI=1S/C18H15N/c1-14-8-2-3-9-15(14)16-10-4-5-11-17(16)18-12-6-7-13-19-18/h2-13H,1H3. The number of hydrogen-bond acceptors (Lipinski definition) is 1. The van der Waals surface area contributed by atoms with Crippen LogP contribution in [0, 0.1) is 6.92 Å². The molecule has 0 spiro atoms. The summed E-state index contributed by atoms with van der Waals surface area (Å²) in [6.07, 6.45) is 1.84. The number of aryl methyl sites for hydroxylation is 1. The highest BCUT2D eigenvalue weighted by Crippen LogP contribution is 2.32. The van der Waals surface area contributed by atoms with Gasteiger partial charge in [-0.2, -0.15) is 0 Å². The number of nitrogens with zero attached hydrogens (tertiary/aromatic N) is 1. The Labute approximate surface area is 113 Å². The minimum Gasteiger partial charge on any atom is -0.256 e. The van der Waals surface area contributed by atoms with Crippen molar-refractivity contribution in [3.63, 3.8) is 0 Å². The van der Waals surface area contributed by atoms with Crippen molar-refractivity contribution in [2.24, 2.45) is 0 Å². The van der Waals surface area contributed by atoms with Gasteiger partial charge < -0.3 is 0 Å². The third-order valence-electron chi connectivity index (χ3n) is 3.30. The maximum atomic E-state index is 4.46. The van der Waals surface area contributed by atoms with Crippen molar-refractivity contribution < 1.29 is 0 Å². The third kappa shape index (κ3) is 2.27. The molecule has 0 atom stereocenters. The van der Waals surface area contributed by atoms with Crippen molar-refractivity contribution in [3.8, 4) is 22.4 Å². The van der Waals surface area contributed by atoms with Crippen LogP contribution in [0.4, 0.5) is 0 Å². The number of aromatic nitrogens is 1. The van der Waals surface area contributed by atoms with Gasteiger partial charge in [-0.15, -0.1) is 0 Å². The Morgan fingerprint density at radius 1 is 0.632 bits per heavy atom. The van der Waals surface area contributed by atoms with Gasteiger partial charge in [-0.05, 0) is 35.7 Å². The molecule has 0 radical (unpaired) electrons. The smallest absolute Gasteiger partial charge is 0.0708 e. The Morgan fingerprint density at radius 3 is 1.95 bits per heavy atom. The van der Waals surface area contributed by atoms with E-state index >= 15 is 0 Å². The predicted molar refractivity (Wildman–Crippen MR) is 79.8 cm³/mol. The number of pyridine rings is 1. The van der Waals surface area contributed by atoms with Crippen molar-refractivity contribution in [1.29, 1.82) is 0 Å². The van der Waals surface area contributed by atoms with E-state index in [4.69, 9.17) is 0 Å². The Hall–Kier alpha value is -2.41. The second kappa shape index (κ2) is 5.07. The molecule has 0 saturated carbocycles. The highest BCUT2D eigenvalue weighted by atomic mass is 14.7. The zero-order valence-electron chi connectivity index (χ0n) is 10.9. The van der Waals surface area contributed by atoms with Crippen LogP contribution in [-0.2, 0) is 0 Å². The monoisotopic (exact) mass is 245 g/mol. The fourth-order valence-electron chi connectivity index (χ4n) is 2.34. The maximum Gasteiger partial charge on any atom is 0.0708 e. The molecule has 0 bridgehead atoms. The Balaban J connectivity index is 2.21. The molecule has 3 rings (SSSR count). The van der Waals surface area contributed by atoms with E-state index in [0.29, 0.717) is 0 Å². The summed E-state index contributed by atoms with van der Waals surface area (Å²) in [4.78, 5) is 4.46. The Morgan fingerprint density at radius 2 is 1.26 bits per heavy atom. The summed E-state index contributed by atoms with van der Waals surface area (Å²) < 4.78 is 0. The molecular weight excluding hydrogens is 230 g/mol. The SMILES string of the molecule is Cc1ccccc1-c1ccccc1-c1ccccn1. The summed E-state index contributed by atoms with van der Waals surface area (Å²) in [5.41, 5.74) is 5.98. The molecule has 92 valence electrons. The van der Waals surface area contributed by atoms with Crippen LogP contribution in [0.25, 0.3) is 22.4 Å². The van der Waals surface area contributed by atoms with Crippen LogP contribution in [0.2, 0.25) is 0 Å². The quantitative estimate of drug-likeness (QED) is 0.636. The lowest BCUT2D eigenvalue weighted by atomic mass is 9.94. The molecule has 1 heteroatoms. The Bertz CT molecular complexity index is 687. The van der Waals surface area contributed by atoms with E-state index in [1.165, 1.54) is 22.3 Å². The lowest BCUT2D eigenvalue weighted by Gasteiger charge is -2.11. The topological polar surface area (TPSA) is 12.9 Å². The van der Waals surface area contributed by atoms with Crippen LogP contribution < -0.4 is 0 Å². The van der Waals surface area contributed by atoms with Crippen molar-refractivity contribution in [1.82, 2.24) is 4.98 Å². The molecule has 1 nitrogen and oxygen atoms in total. The third-order valence-corrected chi connectivity index (χ3v) is 3.30. The van der Waals surface area contributed by atoms with E-state index in [1.54, 1.807) is 0 Å². The van der Waals surface area contributed by atoms with E-state index in [9.17, 15) is 0 Å². The minimum atomic E-state index is 1.02. The average molecular weight is 245 g/mol. The molecular formula is C18H15N. The molecule has 0 saturated heterocycles. The van der Waals surface area contributed by atoms with Crippen LogP contribution >= 0.6 is 0 Å². The lowest BCUT2D eigenvalue weighted by Crippen LogP contribution is -1.89. The molecule has 3 aromatic rings. The first-order chi connectivity index (χ1) is 9.36. The number of benzene rings is 2. The summed E-state index contributed by atoms with van der Waals surface area (Å²) >= 11 is 0. The zero-order chi connectivity index (χ0) is 13.1. The van der Waals surface area contributed by atoms with Gasteiger partial charge in [0.05, 0.1) is 5.69 Å². The van der Waals surface area contributed by atoms with Gasteiger partial charge in [-0.3, -0.25) is 4.98 Å². The second-order valence-corrected chi connectivity index (χ2v) is 4.58. The van der Waals surface area contributed by atoms with Gasteiger partial charge in [0.25, 0.3) is 0 Å². The minimum absolute atomic E-state index is 1.02. The average Bonchev–Trinajstić information content (AvgIpc) is 2.49. The number of rotatable bonds is 2. The fourth-order valence-corrected chi connectivity index (χ4v) is 2.34. The highest BCUT2D eigenvalue weighted by Gasteiger charge is 2.08. The van der Waals surface area contributed by atoms with Gasteiger partial charge in [-0.25, -0.2) is 0 Å². The van der Waals surface area contributed by atoms with Gasteiger partial charge in [0.1, 0.15) is 0 Å². The van der Waals surface area contributed by atoms with E-state index in [0.717, 1.165) is 5.69 Å². The van der Waals surface area contributed by atoms with E-state index < -0.39 is 0 Å². The van der Waals surface area contributed by atoms with Crippen LogP contribution in [0.15, 0.2) is 72.9 Å². The summed E-state index contributed by atoms with van der Waals surface area (Å²) in [6, 6.07) is 22.9. The Kier molecular flexibility index (Phi) is 3.11. The normalized spacial score (nSPS) is 10.4. The lowest BCUT2D eigenvalue weighted by molar-refractivity contribution is 1.32. The first-order valence-electron chi connectivity index (χ1n) is 6.43. The molecule has 19 heavy (non-hydrogen) atoms. The van der Waals surface area contributed by atoms with E-state index in [-0.39, 0.29) is 0 Å².